The standard InChI is InChI=1S/C19H20N4O/c1-22(2)21-19(23-13-12-20-15-23)18-11-7-6-8-16(18)14-24-17-9-4-3-5-10-17/h3-13,15H,14H2,1-2H3. The average Bonchev–Trinajstić information content (AvgIpc) is 3.13. The Morgan fingerprint density at radius 1 is 1.08 bits per heavy atom. The van der Waals surface area contributed by atoms with Gasteiger partial charge in [-0.2, -0.15) is 5.10 Å². The van der Waals surface area contributed by atoms with Crippen molar-refractivity contribution in [1.29, 1.82) is 0 Å². The Morgan fingerprint density at radius 2 is 1.83 bits per heavy atom. The van der Waals surface area contributed by atoms with E-state index < -0.39 is 0 Å². The van der Waals surface area contributed by atoms with E-state index in [1.807, 2.05) is 73.4 Å². The molecule has 1 heterocycles. The maximum Gasteiger partial charge on any atom is 0.165 e. The maximum absolute atomic E-state index is 5.91. The molecular weight excluding hydrogens is 300 g/mol. The number of aromatic nitrogens is 2. The fourth-order valence-corrected chi connectivity index (χ4v) is 2.36. The zero-order valence-corrected chi connectivity index (χ0v) is 13.8. The molecule has 3 rings (SSSR count). The Morgan fingerprint density at radius 3 is 2.54 bits per heavy atom. The van der Waals surface area contributed by atoms with Crippen molar-refractivity contribution in [3.8, 4) is 5.75 Å². The van der Waals surface area contributed by atoms with Crippen molar-refractivity contribution in [2.24, 2.45) is 5.10 Å². The summed E-state index contributed by atoms with van der Waals surface area (Å²) in [6.07, 6.45) is 5.38. The van der Waals surface area contributed by atoms with Gasteiger partial charge in [0, 0.05) is 37.6 Å². The van der Waals surface area contributed by atoms with Crippen molar-refractivity contribution < 1.29 is 4.74 Å². The van der Waals surface area contributed by atoms with Crippen molar-refractivity contribution in [1.82, 2.24) is 14.6 Å². The molecule has 0 aliphatic heterocycles. The molecule has 0 spiro atoms. The molecule has 0 N–H and O–H groups in total. The van der Waals surface area contributed by atoms with E-state index in [0.29, 0.717) is 6.61 Å². The summed E-state index contributed by atoms with van der Waals surface area (Å²) in [6, 6.07) is 17.9. The van der Waals surface area contributed by atoms with Gasteiger partial charge in [-0.25, -0.2) is 4.98 Å². The smallest absolute Gasteiger partial charge is 0.165 e. The van der Waals surface area contributed by atoms with Gasteiger partial charge in [0.25, 0.3) is 0 Å². The molecule has 122 valence electrons. The summed E-state index contributed by atoms with van der Waals surface area (Å²) in [5.41, 5.74) is 2.08. The van der Waals surface area contributed by atoms with Gasteiger partial charge in [0.2, 0.25) is 0 Å². The zero-order chi connectivity index (χ0) is 16.8. The minimum absolute atomic E-state index is 0.474. The van der Waals surface area contributed by atoms with Crippen LogP contribution in [0.5, 0.6) is 5.75 Å². The molecule has 24 heavy (non-hydrogen) atoms. The fraction of sp³-hybridized carbons (Fsp3) is 0.158. The molecular formula is C19H20N4O. The molecule has 0 atom stereocenters. The third kappa shape index (κ3) is 3.81. The van der Waals surface area contributed by atoms with E-state index in [9.17, 15) is 0 Å². The summed E-state index contributed by atoms with van der Waals surface area (Å²) in [6.45, 7) is 0.474. The predicted octanol–water partition coefficient (Wildman–Crippen LogP) is 3.23. The Labute approximate surface area is 141 Å². The highest BCUT2D eigenvalue weighted by Gasteiger charge is 2.12. The van der Waals surface area contributed by atoms with E-state index in [2.05, 4.69) is 16.2 Å². The molecule has 5 heteroatoms. The molecule has 2 aromatic carbocycles. The summed E-state index contributed by atoms with van der Waals surface area (Å²) in [5.74, 6) is 1.66. The zero-order valence-electron chi connectivity index (χ0n) is 13.8. The number of hydrogen-bond acceptors (Lipinski definition) is 4. The number of hydrazone groups is 1. The van der Waals surface area contributed by atoms with Crippen LogP contribution in [0, 0.1) is 0 Å². The lowest BCUT2D eigenvalue weighted by atomic mass is 10.1. The first-order chi connectivity index (χ1) is 11.7. The second-order valence-electron chi connectivity index (χ2n) is 5.50. The fourth-order valence-electron chi connectivity index (χ4n) is 2.36. The molecule has 1 aromatic heterocycles. The van der Waals surface area contributed by atoms with Gasteiger partial charge in [-0.05, 0) is 12.1 Å². The van der Waals surface area contributed by atoms with Crippen LogP contribution < -0.4 is 4.74 Å². The van der Waals surface area contributed by atoms with Crippen LogP contribution in [0.2, 0.25) is 0 Å². The third-order valence-electron chi connectivity index (χ3n) is 3.44. The van der Waals surface area contributed by atoms with Gasteiger partial charge >= 0.3 is 0 Å². The molecule has 0 amide bonds. The molecule has 3 aromatic rings. The van der Waals surface area contributed by atoms with Crippen LogP contribution in [-0.2, 0) is 6.61 Å². The molecule has 0 fully saturated rings. The largest absolute Gasteiger partial charge is 0.489 e. The van der Waals surface area contributed by atoms with Gasteiger partial charge in [-0.3, -0.25) is 4.57 Å². The number of nitrogens with zero attached hydrogens (tertiary/aromatic N) is 4. The molecule has 0 saturated heterocycles. The van der Waals surface area contributed by atoms with Gasteiger partial charge in [-0.15, -0.1) is 0 Å². The van der Waals surface area contributed by atoms with Crippen molar-refractivity contribution in [2.45, 2.75) is 6.61 Å². The Balaban J connectivity index is 1.92. The molecule has 0 aliphatic rings. The molecule has 0 aliphatic carbocycles. The Kier molecular flexibility index (Phi) is 4.91. The third-order valence-corrected chi connectivity index (χ3v) is 3.44. The van der Waals surface area contributed by atoms with Crippen LogP contribution in [0.15, 0.2) is 78.4 Å². The van der Waals surface area contributed by atoms with Gasteiger partial charge in [0.15, 0.2) is 5.84 Å². The summed E-state index contributed by atoms with van der Waals surface area (Å²) in [4.78, 5) is 4.13. The Hall–Kier alpha value is -3.08. The van der Waals surface area contributed by atoms with Gasteiger partial charge in [0.1, 0.15) is 18.7 Å². The molecule has 0 saturated carbocycles. The lowest BCUT2D eigenvalue weighted by Gasteiger charge is -2.15. The summed E-state index contributed by atoms with van der Waals surface area (Å²) in [5, 5.41) is 6.40. The quantitative estimate of drug-likeness (QED) is 0.412. The number of para-hydroxylation sites is 1. The van der Waals surface area contributed by atoms with Gasteiger partial charge in [-0.1, -0.05) is 42.5 Å². The van der Waals surface area contributed by atoms with E-state index in [-0.39, 0.29) is 0 Å². The topological polar surface area (TPSA) is 42.6 Å². The summed E-state index contributed by atoms with van der Waals surface area (Å²) < 4.78 is 7.82. The number of hydrogen-bond donors (Lipinski definition) is 0. The normalized spacial score (nSPS) is 11.3. The highest BCUT2D eigenvalue weighted by Crippen LogP contribution is 2.16. The minimum atomic E-state index is 0.474. The molecule has 5 nitrogen and oxygen atoms in total. The van der Waals surface area contributed by atoms with Crippen LogP contribution in [0.4, 0.5) is 0 Å². The van der Waals surface area contributed by atoms with Gasteiger partial charge in [0.05, 0.1) is 0 Å². The summed E-state index contributed by atoms with van der Waals surface area (Å²) in [7, 11) is 3.81. The molecule has 0 unspecified atom stereocenters. The highest BCUT2D eigenvalue weighted by molar-refractivity contribution is 6.01. The van der Waals surface area contributed by atoms with Crippen molar-refractivity contribution >= 4 is 5.84 Å². The number of rotatable bonds is 5. The average molecular weight is 320 g/mol. The monoisotopic (exact) mass is 320 g/mol. The molecule has 0 bridgehead atoms. The van der Waals surface area contributed by atoms with E-state index in [1.165, 1.54) is 0 Å². The number of imidazole rings is 1. The van der Waals surface area contributed by atoms with Crippen molar-refractivity contribution in [2.75, 3.05) is 14.1 Å². The van der Waals surface area contributed by atoms with Crippen molar-refractivity contribution in [3.05, 3.63) is 84.4 Å². The van der Waals surface area contributed by atoms with Gasteiger partial charge < -0.3 is 9.75 Å². The first-order valence-corrected chi connectivity index (χ1v) is 7.74. The van der Waals surface area contributed by atoms with E-state index in [4.69, 9.17) is 4.74 Å². The maximum atomic E-state index is 5.91. The lowest BCUT2D eigenvalue weighted by Crippen LogP contribution is -2.19. The second-order valence-corrected chi connectivity index (χ2v) is 5.50. The first kappa shape index (κ1) is 15.8. The second kappa shape index (κ2) is 7.46. The minimum Gasteiger partial charge on any atom is -0.489 e. The lowest BCUT2D eigenvalue weighted by molar-refractivity contribution is 0.306. The van der Waals surface area contributed by atoms with Crippen LogP contribution in [0.3, 0.4) is 0 Å². The van der Waals surface area contributed by atoms with Crippen LogP contribution in [0.1, 0.15) is 11.1 Å². The van der Waals surface area contributed by atoms with E-state index >= 15 is 0 Å². The first-order valence-electron chi connectivity index (χ1n) is 7.74. The van der Waals surface area contributed by atoms with Crippen LogP contribution in [0.25, 0.3) is 0 Å². The SMILES string of the molecule is CN(C)N=C(c1ccccc1COc1ccccc1)n1ccnc1. The van der Waals surface area contributed by atoms with E-state index in [1.54, 1.807) is 17.5 Å². The van der Waals surface area contributed by atoms with Crippen molar-refractivity contribution in [3.63, 3.8) is 0 Å². The molecule has 0 radical (unpaired) electrons. The number of ether oxygens (including phenoxy) is 1. The highest BCUT2D eigenvalue weighted by atomic mass is 16.5. The van der Waals surface area contributed by atoms with E-state index in [0.717, 1.165) is 22.7 Å². The summed E-state index contributed by atoms with van der Waals surface area (Å²) >= 11 is 0. The Bertz CT molecular complexity index is 795. The van der Waals surface area contributed by atoms with Crippen LogP contribution >= 0.6 is 0 Å². The number of benzene rings is 2. The predicted molar refractivity (Wildman–Crippen MR) is 95.1 cm³/mol. The van der Waals surface area contributed by atoms with Crippen LogP contribution in [-0.4, -0.2) is 34.5 Å².